The van der Waals surface area contributed by atoms with Gasteiger partial charge in [-0.1, -0.05) is 6.07 Å². The Morgan fingerprint density at radius 1 is 1.00 bits per heavy atom. The molecule has 9 heteroatoms. The maximum atomic E-state index is 13.6. The Hall–Kier alpha value is -3.36. The highest BCUT2D eigenvalue weighted by Gasteiger charge is 2.17. The number of nitrogen functional groups attached to an aromatic ring is 2. The summed E-state index contributed by atoms with van der Waals surface area (Å²) in [5.41, 5.74) is 11.6. The van der Waals surface area contributed by atoms with Crippen LogP contribution in [0.5, 0.6) is 0 Å². The van der Waals surface area contributed by atoms with Gasteiger partial charge < -0.3 is 16.2 Å². The van der Waals surface area contributed by atoms with E-state index in [0.717, 1.165) is 0 Å². The van der Waals surface area contributed by atoms with Crippen LogP contribution in [-0.2, 0) is 11.3 Å². The number of fused-ring (bicyclic) bond motifs is 1. The van der Waals surface area contributed by atoms with Gasteiger partial charge in [-0.15, -0.1) is 0 Å². The molecule has 0 aliphatic carbocycles. The van der Waals surface area contributed by atoms with Crippen LogP contribution in [0.4, 0.5) is 24.9 Å². The van der Waals surface area contributed by atoms with Gasteiger partial charge in [0.05, 0.1) is 11.1 Å². The molecule has 0 aliphatic heterocycles. The van der Waals surface area contributed by atoms with Crippen LogP contribution in [0.25, 0.3) is 10.9 Å². The minimum Gasteiger partial charge on any atom is -0.457 e. The van der Waals surface area contributed by atoms with Crippen molar-refractivity contribution in [2.75, 3.05) is 11.5 Å². The van der Waals surface area contributed by atoms with E-state index < -0.39 is 29.0 Å². The van der Waals surface area contributed by atoms with Crippen LogP contribution < -0.4 is 11.5 Å². The lowest BCUT2D eigenvalue weighted by Crippen LogP contribution is -2.09. The second-order valence-corrected chi connectivity index (χ2v) is 5.14. The van der Waals surface area contributed by atoms with Crippen LogP contribution in [0.15, 0.2) is 30.3 Å². The van der Waals surface area contributed by atoms with E-state index in [0.29, 0.717) is 22.5 Å². The molecule has 0 saturated carbocycles. The van der Waals surface area contributed by atoms with Crippen molar-refractivity contribution in [3.63, 3.8) is 0 Å². The SMILES string of the molecule is Nc1nc(N)c2cc(COC(=O)c3cc(F)c(F)cc3F)ccc2n1. The molecule has 6 nitrogen and oxygen atoms in total. The summed E-state index contributed by atoms with van der Waals surface area (Å²) in [6, 6.07) is 5.51. The molecular formula is C16H11F3N4O2. The zero-order valence-corrected chi connectivity index (χ0v) is 12.6. The lowest BCUT2D eigenvalue weighted by atomic mass is 10.1. The van der Waals surface area contributed by atoms with E-state index in [1.165, 1.54) is 0 Å². The Balaban J connectivity index is 1.81. The topological polar surface area (TPSA) is 104 Å². The van der Waals surface area contributed by atoms with Gasteiger partial charge in [0.15, 0.2) is 11.6 Å². The number of carbonyl (C=O) groups excluding carboxylic acids is 1. The number of benzene rings is 2. The molecule has 0 unspecified atom stereocenters. The Morgan fingerprint density at radius 2 is 1.72 bits per heavy atom. The van der Waals surface area contributed by atoms with E-state index in [1.54, 1.807) is 18.2 Å². The normalized spacial score (nSPS) is 10.8. The van der Waals surface area contributed by atoms with Crippen molar-refractivity contribution in [1.82, 2.24) is 9.97 Å². The molecule has 0 bridgehead atoms. The third-order valence-electron chi connectivity index (χ3n) is 3.41. The number of rotatable bonds is 3. The molecule has 0 fully saturated rings. The number of hydrogen-bond donors (Lipinski definition) is 2. The van der Waals surface area contributed by atoms with E-state index in [4.69, 9.17) is 16.2 Å². The van der Waals surface area contributed by atoms with E-state index >= 15 is 0 Å². The highest BCUT2D eigenvalue weighted by atomic mass is 19.2. The fraction of sp³-hybridized carbons (Fsp3) is 0.0625. The first kappa shape index (κ1) is 16.5. The molecule has 1 heterocycles. The molecule has 0 radical (unpaired) electrons. The maximum Gasteiger partial charge on any atom is 0.341 e. The quantitative estimate of drug-likeness (QED) is 0.557. The molecule has 128 valence electrons. The fourth-order valence-electron chi connectivity index (χ4n) is 2.21. The number of carbonyl (C=O) groups is 1. The van der Waals surface area contributed by atoms with Crippen molar-refractivity contribution >= 4 is 28.6 Å². The summed E-state index contributed by atoms with van der Waals surface area (Å²) in [6.07, 6.45) is 0. The Bertz CT molecular complexity index is 995. The summed E-state index contributed by atoms with van der Waals surface area (Å²) in [5.74, 6) is -4.89. The lowest BCUT2D eigenvalue weighted by molar-refractivity contribution is 0.0466. The molecule has 0 amide bonds. The number of aromatic nitrogens is 2. The van der Waals surface area contributed by atoms with Crippen molar-refractivity contribution in [2.24, 2.45) is 0 Å². The van der Waals surface area contributed by atoms with Crippen molar-refractivity contribution in [2.45, 2.75) is 6.61 Å². The van der Waals surface area contributed by atoms with Gasteiger partial charge in [0.25, 0.3) is 0 Å². The molecule has 4 N–H and O–H groups in total. The number of anilines is 2. The van der Waals surface area contributed by atoms with Gasteiger partial charge in [0.1, 0.15) is 18.2 Å². The molecule has 0 spiro atoms. The summed E-state index contributed by atoms with van der Waals surface area (Å²) < 4.78 is 44.5. The fourth-order valence-corrected chi connectivity index (χ4v) is 2.21. The number of ether oxygens (including phenoxy) is 1. The van der Waals surface area contributed by atoms with Crippen molar-refractivity contribution in [3.05, 3.63) is 58.9 Å². The van der Waals surface area contributed by atoms with Gasteiger partial charge in [-0.2, -0.15) is 4.98 Å². The van der Waals surface area contributed by atoms with Gasteiger partial charge >= 0.3 is 5.97 Å². The minimum atomic E-state index is -1.39. The monoisotopic (exact) mass is 348 g/mol. The summed E-state index contributed by atoms with van der Waals surface area (Å²) in [4.78, 5) is 19.7. The third kappa shape index (κ3) is 3.30. The van der Waals surface area contributed by atoms with E-state index in [9.17, 15) is 18.0 Å². The first-order valence-corrected chi connectivity index (χ1v) is 6.98. The Morgan fingerprint density at radius 3 is 2.48 bits per heavy atom. The lowest BCUT2D eigenvalue weighted by Gasteiger charge is -2.08. The van der Waals surface area contributed by atoms with Crippen molar-refractivity contribution < 1.29 is 22.7 Å². The third-order valence-corrected chi connectivity index (χ3v) is 3.41. The summed E-state index contributed by atoms with van der Waals surface area (Å²) >= 11 is 0. The van der Waals surface area contributed by atoms with Gasteiger partial charge in [0.2, 0.25) is 5.95 Å². The van der Waals surface area contributed by atoms with E-state index in [2.05, 4.69) is 9.97 Å². The van der Waals surface area contributed by atoms with Gasteiger partial charge in [-0.25, -0.2) is 22.9 Å². The zero-order chi connectivity index (χ0) is 18.1. The predicted molar refractivity (Wildman–Crippen MR) is 83.8 cm³/mol. The molecule has 0 saturated heterocycles. The molecule has 3 rings (SSSR count). The van der Waals surface area contributed by atoms with Gasteiger partial charge in [-0.3, -0.25) is 0 Å². The molecule has 3 aromatic rings. The van der Waals surface area contributed by atoms with Crippen LogP contribution in [0, 0.1) is 17.5 Å². The van der Waals surface area contributed by atoms with Crippen LogP contribution >= 0.6 is 0 Å². The van der Waals surface area contributed by atoms with Crippen LogP contribution in [0.3, 0.4) is 0 Å². The summed E-state index contributed by atoms with van der Waals surface area (Å²) in [7, 11) is 0. The first-order valence-electron chi connectivity index (χ1n) is 6.98. The molecular weight excluding hydrogens is 337 g/mol. The Labute approximate surface area is 139 Å². The number of hydrogen-bond acceptors (Lipinski definition) is 6. The number of halogens is 3. The molecule has 1 aromatic heterocycles. The second kappa shape index (κ2) is 6.27. The summed E-state index contributed by atoms with van der Waals surface area (Å²) in [6.45, 7) is -0.239. The molecule has 2 aromatic carbocycles. The number of nitrogens with zero attached hydrogens (tertiary/aromatic N) is 2. The van der Waals surface area contributed by atoms with Crippen molar-refractivity contribution in [1.29, 1.82) is 0 Å². The molecule has 0 atom stereocenters. The van der Waals surface area contributed by atoms with Crippen molar-refractivity contribution in [3.8, 4) is 0 Å². The van der Waals surface area contributed by atoms with Crippen LogP contribution in [0.2, 0.25) is 0 Å². The standard InChI is InChI=1S/C16H11F3N4O2/c17-10-5-12(19)11(18)4-8(10)15(24)25-6-7-1-2-13-9(3-7)14(20)23-16(21)22-13/h1-5H,6H2,(H4,20,21,22,23). The smallest absolute Gasteiger partial charge is 0.341 e. The van der Waals surface area contributed by atoms with Gasteiger partial charge in [0, 0.05) is 11.5 Å². The maximum absolute atomic E-state index is 13.6. The zero-order valence-electron chi connectivity index (χ0n) is 12.6. The predicted octanol–water partition coefficient (Wildman–Crippen LogP) is 2.57. The van der Waals surface area contributed by atoms with Crippen LogP contribution in [-0.4, -0.2) is 15.9 Å². The van der Waals surface area contributed by atoms with E-state index in [1.807, 2.05) is 0 Å². The average molecular weight is 348 g/mol. The minimum absolute atomic E-state index is 0.0259. The largest absolute Gasteiger partial charge is 0.457 e. The summed E-state index contributed by atoms with van der Waals surface area (Å²) in [5, 5.41) is 0.502. The highest BCUT2D eigenvalue weighted by molar-refractivity contribution is 5.90. The van der Waals surface area contributed by atoms with E-state index in [-0.39, 0.29) is 24.4 Å². The Kier molecular flexibility index (Phi) is 4.14. The number of nitrogens with two attached hydrogens (primary N) is 2. The average Bonchev–Trinajstić information content (AvgIpc) is 2.56. The first-order chi connectivity index (χ1) is 11.8. The highest BCUT2D eigenvalue weighted by Crippen LogP contribution is 2.21. The van der Waals surface area contributed by atoms with Crippen LogP contribution in [0.1, 0.15) is 15.9 Å². The molecule has 25 heavy (non-hydrogen) atoms. The van der Waals surface area contributed by atoms with Gasteiger partial charge in [-0.05, 0) is 23.8 Å². The number of esters is 1. The second-order valence-electron chi connectivity index (χ2n) is 5.14. The molecule has 0 aliphatic rings.